The molecular weight excluding hydrogens is 322 g/mol. The van der Waals surface area contributed by atoms with E-state index < -0.39 is 0 Å². The minimum atomic E-state index is -0.327. The standard InChI is InChI=1S/C18H21N3O4/c1-13-11-16(20-25-13)17(22)19-12-14-7-9-21(10-8-14)18(23)24-15-5-3-2-4-6-15/h2-6,11,14H,7-10,12H2,1H3,(H,19,22). The Morgan fingerprint density at radius 1 is 1.28 bits per heavy atom. The summed E-state index contributed by atoms with van der Waals surface area (Å²) in [5.41, 5.74) is 0.293. The van der Waals surface area contributed by atoms with Crippen molar-refractivity contribution in [2.45, 2.75) is 19.8 Å². The van der Waals surface area contributed by atoms with Crippen molar-refractivity contribution >= 4 is 12.0 Å². The van der Waals surface area contributed by atoms with Crippen LogP contribution in [-0.2, 0) is 0 Å². The van der Waals surface area contributed by atoms with Crippen molar-refractivity contribution in [2.75, 3.05) is 19.6 Å². The summed E-state index contributed by atoms with van der Waals surface area (Å²) in [6, 6.07) is 10.6. The number of hydrogen-bond acceptors (Lipinski definition) is 5. The molecule has 7 nitrogen and oxygen atoms in total. The molecule has 2 heterocycles. The molecule has 2 amide bonds. The molecule has 0 radical (unpaired) electrons. The third-order valence-electron chi connectivity index (χ3n) is 4.23. The van der Waals surface area contributed by atoms with E-state index in [9.17, 15) is 9.59 Å². The molecule has 3 rings (SSSR count). The van der Waals surface area contributed by atoms with E-state index in [0.717, 1.165) is 12.8 Å². The van der Waals surface area contributed by atoms with Gasteiger partial charge in [0.15, 0.2) is 5.69 Å². The van der Waals surface area contributed by atoms with Crippen LogP contribution in [0.5, 0.6) is 5.75 Å². The Morgan fingerprint density at radius 3 is 2.64 bits per heavy atom. The monoisotopic (exact) mass is 343 g/mol. The normalized spacial score (nSPS) is 15.0. The fraction of sp³-hybridized carbons (Fsp3) is 0.389. The molecule has 0 saturated carbocycles. The smallest absolute Gasteiger partial charge is 0.410 e. The maximum Gasteiger partial charge on any atom is 0.415 e. The number of ether oxygens (including phenoxy) is 1. The van der Waals surface area contributed by atoms with Gasteiger partial charge >= 0.3 is 6.09 Å². The van der Waals surface area contributed by atoms with Crippen LogP contribution < -0.4 is 10.1 Å². The molecule has 1 fully saturated rings. The van der Waals surface area contributed by atoms with E-state index in [4.69, 9.17) is 9.26 Å². The molecule has 0 spiro atoms. The van der Waals surface area contributed by atoms with Gasteiger partial charge in [0, 0.05) is 25.7 Å². The van der Waals surface area contributed by atoms with Crippen molar-refractivity contribution < 1.29 is 18.8 Å². The molecule has 1 N–H and O–H groups in total. The molecule has 0 bridgehead atoms. The first-order valence-corrected chi connectivity index (χ1v) is 8.35. The largest absolute Gasteiger partial charge is 0.415 e. The number of carbonyl (C=O) groups excluding carboxylic acids is 2. The third-order valence-corrected chi connectivity index (χ3v) is 4.23. The summed E-state index contributed by atoms with van der Waals surface area (Å²) < 4.78 is 10.2. The van der Waals surface area contributed by atoms with Gasteiger partial charge in [0.1, 0.15) is 11.5 Å². The lowest BCUT2D eigenvalue weighted by Crippen LogP contribution is -2.42. The Hall–Kier alpha value is -2.83. The topological polar surface area (TPSA) is 84.7 Å². The minimum Gasteiger partial charge on any atom is -0.410 e. The molecule has 7 heteroatoms. The van der Waals surface area contributed by atoms with Crippen LogP contribution in [0.3, 0.4) is 0 Å². The van der Waals surface area contributed by atoms with Gasteiger partial charge in [0.05, 0.1) is 0 Å². The third kappa shape index (κ3) is 4.59. The van der Waals surface area contributed by atoms with E-state index in [1.165, 1.54) is 0 Å². The predicted molar refractivity (Wildman–Crippen MR) is 90.3 cm³/mol. The molecule has 132 valence electrons. The Morgan fingerprint density at radius 2 is 2.00 bits per heavy atom. The van der Waals surface area contributed by atoms with E-state index in [1.54, 1.807) is 30.0 Å². The minimum absolute atomic E-state index is 0.234. The Labute approximate surface area is 145 Å². The highest BCUT2D eigenvalue weighted by Crippen LogP contribution is 2.18. The van der Waals surface area contributed by atoms with Crippen molar-refractivity contribution in [3.05, 3.63) is 47.9 Å². The van der Waals surface area contributed by atoms with E-state index in [1.807, 2.05) is 18.2 Å². The van der Waals surface area contributed by atoms with E-state index >= 15 is 0 Å². The van der Waals surface area contributed by atoms with E-state index in [-0.39, 0.29) is 12.0 Å². The number of para-hydroxylation sites is 1. The molecule has 2 aromatic rings. The average Bonchev–Trinajstić information content (AvgIpc) is 3.07. The van der Waals surface area contributed by atoms with Gasteiger partial charge in [-0.3, -0.25) is 4.79 Å². The summed E-state index contributed by atoms with van der Waals surface area (Å²) in [5.74, 6) is 1.25. The van der Waals surface area contributed by atoms with Crippen molar-refractivity contribution in [2.24, 2.45) is 5.92 Å². The number of rotatable bonds is 4. The maximum atomic E-state index is 12.1. The summed E-state index contributed by atoms with van der Waals surface area (Å²) in [5, 5.41) is 6.57. The van der Waals surface area contributed by atoms with Crippen LogP contribution in [-0.4, -0.2) is 41.7 Å². The second-order valence-corrected chi connectivity index (χ2v) is 6.14. The van der Waals surface area contributed by atoms with Crippen LogP contribution in [0.2, 0.25) is 0 Å². The van der Waals surface area contributed by atoms with Crippen molar-refractivity contribution in [1.29, 1.82) is 0 Å². The highest BCUT2D eigenvalue weighted by molar-refractivity contribution is 5.92. The van der Waals surface area contributed by atoms with Gasteiger partial charge in [-0.05, 0) is 37.8 Å². The van der Waals surface area contributed by atoms with Gasteiger partial charge in [-0.1, -0.05) is 23.4 Å². The zero-order chi connectivity index (χ0) is 17.6. The SMILES string of the molecule is Cc1cc(C(=O)NCC2CCN(C(=O)Oc3ccccc3)CC2)no1. The molecule has 25 heavy (non-hydrogen) atoms. The van der Waals surface area contributed by atoms with Gasteiger partial charge in [0.25, 0.3) is 5.91 Å². The van der Waals surface area contributed by atoms with Crippen LogP contribution in [0.15, 0.2) is 40.9 Å². The maximum absolute atomic E-state index is 12.1. The summed E-state index contributed by atoms with van der Waals surface area (Å²) in [4.78, 5) is 25.8. The zero-order valence-corrected chi connectivity index (χ0v) is 14.1. The Kier molecular flexibility index (Phi) is 5.33. The lowest BCUT2D eigenvalue weighted by molar-refractivity contribution is 0.0922. The van der Waals surface area contributed by atoms with Crippen LogP contribution >= 0.6 is 0 Å². The predicted octanol–water partition coefficient (Wildman–Crippen LogP) is 2.62. The van der Waals surface area contributed by atoms with E-state index in [2.05, 4.69) is 10.5 Å². The van der Waals surface area contributed by atoms with E-state index in [0.29, 0.717) is 42.8 Å². The zero-order valence-electron chi connectivity index (χ0n) is 14.1. The average molecular weight is 343 g/mol. The van der Waals surface area contributed by atoms with Crippen molar-refractivity contribution in [3.63, 3.8) is 0 Å². The molecule has 0 atom stereocenters. The molecule has 0 unspecified atom stereocenters. The fourth-order valence-corrected chi connectivity index (χ4v) is 2.77. The van der Waals surface area contributed by atoms with Crippen molar-refractivity contribution in [3.8, 4) is 5.75 Å². The molecule has 1 aliphatic heterocycles. The molecular formula is C18H21N3O4. The Balaban J connectivity index is 1.41. The lowest BCUT2D eigenvalue weighted by Gasteiger charge is -2.31. The number of nitrogens with zero attached hydrogens (tertiary/aromatic N) is 2. The van der Waals surface area contributed by atoms with Gasteiger partial charge in [0.2, 0.25) is 0 Å². The number of amides is 2. The van der Waals surface area contributed by atoms with Crippen LogP contribution in [0, 0.1) is 12.8 Å². The second-order valence-electron chi connectivity index (χ2n) is 6.14. The van der Waals surface area contributed by atoms with Crippen LogP contribution in [0.4, 0.5) is 4.79 Å². The lowest BCUT2D eigenvalue weighted by atomic mass is 9.97. The quantitative estimate of drug-likeness (QED) is 0.922. The molecule has 1 aromatic heterocycles. The van der Waals surface area contributed by atoms with Gasteiger partial charge in [-0.25, -0.2) is 4.79 Å². The number of piperidine rings is 1. The first-order valence-electron chi connectivity index (χ1n) is 8.35. The fourth-order valence-electron chi connectivity index (χ4n) is 2.77. The number of aryl methyl sites for hydroxylation is 1. The summed E-state index contributed by atoms with van der Waals surface area (Å²) in [7, 11) is 0. The van der Waals surface area contributed by atoms with Crippen molar-refractivity contribution in [1.82, 2.24) is 15.4 Å². The first-order chi connectivity index (χ1) is 12.1. The molecule has 1 aliphatic rings. The number of likely N-dealkylation sites (tertiary alicyclic amines) is 1. The van der Waals surface area contributed by atoms with Gasteiger partial charge < -0.3 is 19.5 Å². The molecule has 1 saturated heterocycles. The van der Waals surface area contributed by atoms with Crippen LogP contribution in [0.25, 0.3) is 0 Å². The molecule has 1 aromatic carbocycles. The number of nitrogens with one attached hydrogen (secondary N) is 1. The summed E-state index contributed by atoms with van der Waals surface area (Å²) >= 11 is 0. The highest BCUT2D eigenvalue weighted by atomic mass is 16.6. The second kappa shape index (κ2) is 7.83. The van der Waals surface area contributed by atoms with Gasteiger partial charge in [-0.15, -0.1) is 0 Å². The number of hydrogen-bond donors (Lipinski definition) is 1. The number of aromatic nitrogens is 1. The summed E-state index contributed by atoms with van der Waals surface area (Å²) in [6.07, 6.45) is 1.32. The first kappa shape index (κ1) is 17.0. The van der Waals surface area contributed by atoms with Crippen LogP contribution in [0.1, 0.15) is 29.1 Å². The number of benzene rings is 1. The number of carbonyl (C=O) groups is 2. The van der Waals surface area contributed by atoms with Gasteiger partial charge in [-0.2, -0.15) is 0 Å². The highest BCUT2D eigenvalue weighted by Gasteiger charge is 2.24. The summed E-state index contributed by atoms with van der Waals surface area (Å²) in [6.45, 7) is 3.55. The Bertz CT molecular complexity index is 721. The molecule has 0 aliphatic carbocycles.